The normalized spacial score (nSPS) is 23.8. The molecule has 1 saturated carbocycles. The van der Waals surface area contributed by atoms with Gasteiger partial charge in [0.2, 0.25) is 0 Å². The number of ether oxygens (including phenoxy) is 1. The number of methoxy groups -OCH3 is 1. The summed E-state index contributed by atoms with van der Waals surface area (Å²) in [5, 5.41) is 3.58. The molecule has 1 aromatic rings. The number of nitrogens with one attached hydrogen (secondary N) is 1. The van der Waals surface area contributed by atoms with Gasteiger partial charge in [-0.05, 0) is 30.2 Å². The molecule has 1 aliphatic carbocycles. The summed E-state index contributed by atoms with van der Waals surface area (Å²) >= 11 is 0. The van der Waals surface area contributed by atoms with Crippen LogP contribution in [0.3, 0.4) is 0 Å². The first-order valence-corrected chi connectivity index (χ1v) is 8.02. The predicted molar refractivity (Wildman–Crippen MR) is 85.2 cm³/mol. The number of benzene rings is 1. The fourth-order valence-electron chi connectivity index (χ4n) is 3.32. The van der Waals surface area contributed by atoms with Gasteiger partial charge in [0.25, 0.3) is 0 Å². The van der Waals surface area contributed by atoms with E-state index in [1.54, 1.807) is 0 Å². The average Bonchev–Trinajstić information content (AvgIpc) is 2.52. The lowest BCUT2D eigenvalue weighted by Crippen LogP contribution is -2.50. The van der Waals surface area contributed by atoms with Gasteiger partial charge in [-0.2, -0.15) is 0 Å². The van der Waals surface area contributed by atoms with E-state index in [2.05, 4.69) is 49.5 Å². The summed E-state index contributed by atoms with van der Waals surface area (Å²) in [5.74, 6) is 0.573. The molecule has 1 aliphatic rings. The Morgan fingerprint density at radius 2 is 1.86 bits per heavy atom. The highest BCUT2D eigenvalue weighted by Gasteiger charge is 2.32. The highest BCUT2D eigenvalue weighted by atomic mass is 16.5. The Balaban J connectivity index is 2.13. The van der Waals surface area contributed by atoms with E-state index in [-0.39, 0.29) is 17.9 Å². The molecule has 0 radical (unpaired) electrons. The summed E-state index contributed by atoms with van der Waals surface area (Å²) in [6.45, 7) is 4.13. The van der Waals surface area contributed by atoms with E-state index in [4.69, 9.17) is 4.74 Å². The predicted octanol–water partition coefficient (Wildman–Crippen LogP) is 3.50. The quantitative estimate of drug-likeness (QED) is 0.843. The van der Waals surface area contributed by atoms with Gasteiger partial charge in [-0.15, -0.1) is 0 Å². The topological polar surface area (TPSA) is 38.3 Å². The Morgan fingerprint density at radius 1 is 1.19 bits per heavy atom. The summed E-state index contributed by atoms with van der Waals surface area (Å²) in [5.41, 5.74) is 1.38. The number of carbonyl (C=O) groups is 1. The number of hydrogen-bond donors (Lipinski definition) is 1. The molecule has 3 heteroatoms. The first-order valence-electron chi connectivity index (χ1n) is 8.02. The van der Waals surface area contributed by atoms with Crippen LogP contribution in [0.5, 0.6) is 0 Å². The molecule has 0 saturated heterocycles. The van der Waals surface area contributed by atoms with E-state index in [9.17, 15) is 4.79 Å². The molecule has 3 atom stereocenters. The van der Waals surface area contributed by atoms with Crippen molar-refractivity contribution in [1.29, 1.82) is 0 Å². The molecule has 3 nitrogen and oxygen atoms in total. The molecular formula is C18H27NO2. The minimum atomic E-state index is -0.218. The van der Waals surface area contributed by atoms with Crippen LogP contribution in [-0.2, 0) is 9.53 Å². The van der Waals surface area contributed by atoms with Crippen LogP contribution in [0, 0.1) is 5.92 Å². The van der Waals surface area contributed by atoms with Crippen molar-refractivity contribution in [2.24, 2.45) is 5.92 Å². The smallest absolute Gasteiger partial charge is 0.323 e. The molecular weight excluding hydrogens is 262 g/mol. The Morgan fingerprint density at radius 3 is 2.48 bits per heavy atom. The van der Waals surface area contributed by atoms with Gasteiger partial charge in [0.1, 0.15) is 6.04 Å². The second kappa shape index (κ2) is 7.60. The van der Waals surface area contributed by atoms with Crippen LogP contribution in [0.2, 0.25) is 0 Å². The van der Waals surface area contributed by atoms with Gasteiger partial charge < -0.3 is 10.1 Å². The number of carbonyl (C=O) groups excluding carboxylic acids is 1. The van der Waals surface area contributed by atoms with E-state index in [0.29, 0.717) is 12.0 Å². The third kappa shape index (κ3) is 4.07. The van der Waals surface area contributed by atoms with Gasteiger partial charge in [-0.25, -0.2) is 0 Å². The summed E-state index contributed by atoms with van der Waals surface area (Å²) in [4.78, 5) is 12.0. The Labute approximate surface area is 128 Å². The van der Waals surface area contributed by atoms with Crippen molar-refractivity contribution in [3.05, 3.63) is 35.9 Å². The zero-order valence-electron chi connectivity index (χ0n) is 13.3. The van der Waals surface area contributed by atoms with Gasteiger partial charge >= 0.3 is 5.97 Å². The third-order valence-corrected chi connectivity index (χ3v) is 4.51. The molecule has 0 bridgehead atoms. The van der Waals surface area contributed by atoms with Crippen LogP contribution in [-0.4, -0.2) is 25.2 Å². The molecule has 116 valence electrons. The molecule has 21 heavy (non-hydrogen) atoms. The second-order valence-electron chi connectivity index (χ2n) is 6.32. The van der Waals surface area contributed by atoms with E-state index in [1.165, 1.54) is 31.9 Å². The first kappa shape index (κ1) is 16.0. The first-order chi connectivity index (χ1) is 10.1. The van der Waals surface area contributed by atoms with Crippen molar-refractivity contribution in [2.45, 2.75) is 57.5 Å². The highest BCUT2D eigenvalue weighted by Crippen LogP contribution is 2.33. The van der Waals surface area contributed by atoms with Crippen LogP contribution in [0.25, 0.3) is 0 Å². The molecule has 1 aromatic carbocycles. The summed E-state index contributed by atoms with van der Waals surface area (Å²) in [7, 11) is 1.47. The van der Waals surface area contributed by atoms with E-state index >= 15 is 0 Å². The van der Waals surface area contributed by atoms with Crippen LogP contribution >= 0.6 is 0 Å². The number of rotatable bonds is 5. The maximum absolute atomic E-state index is 12.0. The Bertz CT molecular complexity index is 444. The van der Waals surface area contributed by atoms with Crippen LogP contribution in [0.1, 0.15) is 51.0 Å². The lowest BCUT2D eigenvalue weighted by atomic mass is 9.79. The maximum atomic E-state index is 12.0. The summed E-state index contributed by atoms with van der Waals surface area (Å²) in [6.07, 6.45) is 4.81. The average molecular weight is 289 g/mol. The minimum Gasteiger partial charge on any atom is -0.468 e. The van der Waals surface area contributed by atoms with Crippen LogP contribution in [0.15, 0.2) is 30.3 Å². The summed E-state index contributed by atoms with van der Waals surface area (Å²) in [6, 6.07) is 10.8. The van der Waals surface area contributed by atoms with Crippen LogP contribution in [0.4, 0.5) is 0 Å². The van der Waals surface area contributed by atoms with Crippen molar-refractivity contribution in [3.8, 4) is 0 Å². The van der Waals surface area contributed by atoms with E-state index < -0.39 is 0 Å². The van der Waals surface area contributed by atoms with Gasteiger partial charge in [0.05, 0.1) is 7.11 Å². The molecule has 0 amide bonds. The SMILES string of the molecule is COC(=O)C(NC1CCCCC1c1ccccc1)C(C)C. The fourth-order valence-corrected chi connectivity index (χ4v) is 3.32. The van der Waals surface area contributed by atoms with Crippen LogP contribution < -0.4 is 5.32 Å². The van der Waals surface area contributed by atoms with Gasteiger partial charge in [0.15, 0.2) is 0 Å². The van der Waals surface area contributed by atoms with E-state index in [1.807, 2.05) is 0 Å². The molecule has 0 aromatic heterocycles. The highest BCUT2D eigenvalue weighted by molar-refractivity contribution is 5.76. The monoisotopic (exact) mass is 289 g/mol. The largest absolute Gasteiger partial charge is 0.468 e. The lowest BCUT2D eigenvalue weighted by Gasteiger charge is -2.36. The lowest BCUT2D eigenvalue weighted by molar-refractivity contribution is -0.144. The van der Waals surface area contributed by atoms with Crippen molar-refractivity contribution >= 4 is 5.97 Å². The molecule has 0 aliphatic heterocycles. The van der Waals surface area contributed by atoms with Crippen molar-refractivity contribution < 1.29 is 9.53 Å². The molecule has 0 spiro atoms. The van der Waals surface area contributed by atoms with E-state index in [0.717, 1.165) is 6.42 Å². The molecule has 3 unspecified atom stereocenters. The minimum absolute atomic E-state index is 0.151. The van der Waals surface area contributed by atoms with Gasteiger partial charge in [0, 0.05) is 6.04 Å². The third-order valence-electron chi connectivity index (χ3n) is 4.51. The van der Waals surface area contributed by atoms with Gasteiger partial charge in [-0.3, -0.25) is 4.79 Å². The standard InChI is InChI=1S/C18H27NO2/c1-13(2)17(18(20)21-3)19-16-12-8-7-11-15(16)14-9-5-4-6-10-14/h4-6,9-10,13,15-17,19H,7-8,11-12H2,1-3H3. The van der Waals surface area contributed by atoms with Crippen molar-refractivity contribution in [3.63, 3.8) is 0 Å². The van der Waals surface area contributed by atoms with Crippen molar-refractivity contribution in [1.82, 2.24) is 5.32 Å². The fraction of sp³-hybridized carbons (Fsp3) is 0.611. The molecule has 0 heterocycles. The Hall–Kier alpha value is -1.35. The zero-order valence-corrected chi connectivity index (χ0v) is 13.3. The number of hydrogen-bond acceptors (Lipinski definition) is 3. The zero-order chi connectivity index (χ0) is 15.2. The summed E-state index contributed by atoms with van der Waals surface area (Å²) < 4.78 is 4.95. The molecule has 2 rings (SSSR count). The van der Waals surface area contributed by atoms with Gasteiger partial charge in [-0.1, -0.05) is 57.0 Å². The second-order valence-corrected chi connectivity index (χ2v) is 6.32. The Kier molecular flexibility index (Phi) is 5.80. The molecule has 1 fully saturated rings. The molecule has 1 N–H and O–H groups in total. The number of esters is 1. The van der Waals surface area contributed by atoms with Crippen molar-refractivity contribution in [2.75, 3.05) is 7.11 Å². The maximum Gasteiger partial charge on any atom is 0.323 e.